The largest absolute Gasteiger partial charge is 0.497 e. The van der Waals surface area contributed by atoms with E-state index in [2.05, 4.69) is 4.98 Å². The molecule has 0 aliphatic heterocycles. The number of carboxylic acid groups (broad SMARTS) is 1. The van der Waals surface area contributed by atoms with E-state index in [1.807, 2.05) is 13.0 Å². The van der Waals surface area contributed by atoms with Crippen LogP contribution in [0, 0.1) is 6.92 Å². The van der Waals surface area contributed by atoms with Crippen molar-refractivity contribution < 1.29 is 19.4 Å². The summed E-state index contributed by atoms with van der Waals surface area (Å²) in [7, 11) is 3.13. The van der Waals surface area contributed by atoms with Crippen LogP contribution >= 0.6 is 0 Å². The summed E-state index contributed by atoms with van der Waals surface area (Å²) in [6, 6.07) is 3.58. The molecule has 5 heteroatoms. The number of rotatable bonds is 4. The van der Waals surface area contributed by atoms with Gasteiger partial charge in [0.15, 0.2) is 0 Å². The van der Waals surface area contributed by atoms with Crippen molar-refractivity contribution in [2.75, 3.05) is 14.2 Å². The van der Waals surface area contributed by atoms with Gasteiger partial charge in [-0.3, -0.25) is 4.79 Å². The number of carbonyl (C=O) groups is 1. The van der Waals surface area contributed by atoms with Crippen molar-refractivity contribution in [1.29, 1.82) is 0 Å². The van der Waals surface area contributed by atoms with Crippen LogP contribution in [0.5, 0.6) is 11.5 Å². The van der Waals surface area contributed by atoms with Gasteiger partial charge in [-0.1, -0.05) is 0 Å². The maximum absolute atomic E-state index is 10.9. The third kappa shape index (κ3) is 1.99. The highest BCUT2D eigenvalue weighted by atomic mass is 16.5. The van der Waals surface area contributed by atoms with Gasteiger partial charge in [-0.2, -0.15) is 0 Å². The number of fused-ring (bicyclic) bond motifs is 1. The summed E-state index contributed by atoms with van der Waals surface area (Å²) in [5.74, 6) is 0.421. The fourth-order valence-corrected chi connectivity index (χ4v) is 2.12. The van der Waals surface area contributed by atoms with Crippen LogP contribution in [0.15, 0.2) is 12.1 Å². The first-order chi connectivity index (χ1) is 8.56. The highest BCUT2D eigenvalue weighted by Gasteiger charge is 2.16. The molecule has 2 rings (SSSR count). The second kappa shape index (κ2) is 4.60. The Morgan fingerprint density at radius 3 is 2.61 bits per heavy atom. The van der Waals surface area contributed by atoms with Gasteiger partial charge in [-0.15, -0.1) is 0 Å². The first kappa shape index (κ1) is 12.3. The van der Waals surface area contributed by atoms with Crippen molar-refractivity contribution in [2.45, 2.75) is 13.3 Å². The molecule has 5 nitrogen and oxygen atoms in total. The zero-order valence-corrected chi connectivity index (χ0v) is 10.5. The van der Waals surface area contributed by atoms with E-state index in [1.165, 1.54) is 0 Å². The summed E-state index contributed by atoms with van der Waals surface area (Å²) in [5.41, 5.74) is 2.40. The van der Waals surface area contributed by atoms with Gasteiger partial charge in [0, 0.05) is 23.2 Å². The van der Waals surface area contributed by atoms with Gasteiger partial charge in [0.2, 0.25) is 0 Å². The molecule has 0 saturated heterocycles. The molecule has 1 aromatic carbocycles. The Kier molecular flexibility index (Phi) is 3.14. The summed E-state index contributed by atoms with van der Waals surface area (Å²) in [5, 5.41) is 9.76. The highest BCUT2D eigenvalue weighted by molar-refractivity contribution is 5.94. The number of aromatic amines is 1. The number of methoxy groups -OCH3 is 2. The lowest BCUT2D eigenvalue weighted by Gasteiger charge is -2.07. The smallest absolute Gasteiger partial charge is 0.307 e. The maximum Gasteiger partial charge on any atom is 0.307 e. The molecule has 0 bridgehead atoms. The lowest BCUT2D eigenvalue weighted by atomic mass is 10.1. The molecular formula is C13H15NO4. The van der Waals surface area contributed by atoms with Crippen molar-refractivity contribution in [3.05, 3.63) is 23.4 Å². The zero-order valence-electron chi connectivity index (χ0n) is 10.5. The second-order valence-corrected chi connectivity index (χ2v) is 4.05. The van der Waals surface area contributed by atoms with Crippen molar-refractivity contribution in [1.82, 2.24) is 4.98 Å². The number of hydrogen-bond acceptors (Lipinski definition) is 3. The molecule has 0 aliphatic rings. The predicted molar refractivity (Wildman–Crippen MR) is 67.5 cm³/mol. The standard InChI is InChI=1S/C13H15NO4/c1-7-9(6-12(15)16)13-10(14-7)4-8(17-2)5-11(13)18-3/h4-5,14H,6H2,1-3H3,(H,15,16). The quantitative estimate of drug-likeness (QED) is 0.870. The normalized spacial score (nSPS) is 10.6. The Hall–Kier alpha value is -2.17. The predicted octanol–water partition coefficient (Wildman–Crippen LogP) is 2.12. The van der Waals surface area contributed by atoms with Crippen LogP contribution in [0.3, 0.4) is 0 Å². The number of aromatic nitrogens is 1. The fourth-order valence-electron chi connectivity index (χ4n) is 2.12. The molecule has 96 valence electrons. The topological polar surface area (TPSA) is 71.6 Å². The van der Waals surface area contributed by atoms with Crippen molar-refractivity contribution in [3.8, 4) is 11.5 Å². The van der Waals surface area contributed by atoms with Gasteiger partial charge < -0.3 is 19.6 Å². The van der Waals surface area contributed by atoms with E-state index in [4.69, 9.17) is 14.6 Å². The van der Waals surface area contributed by atoms with Gasteiger partial charge in [-0.05, 0) is 12.5 Å². The second-order valence-electron chi connectivity index (χ2n) is 4.05. The van der Waals surface area contributed by atoms with Gasteiger partial charge in [0.25, 0.3) is 0 Å². The molecule has 0 atom stereocenters. The van der Waals surface area contributed by atoms with E-state index < -0.39 is 5.97 Å². The van der Waals surface area contributed by atoms with Crippen molar-refractivity contribution >= 4 is 16.9 Å². The number of aryl methyl sites for hydroxylation is 1. The fraction of sp³-hybridized carbons (Fsp3) is 0.308. The number of hydrogen-bond donors (Lipinski definition) is 2. The molecule has 18 heavy (non-hydrogen) atoms. The first-order valence-corrected chi connectivity index (χ1v) is 5.51. The number of nitrogens with one attached hydrogen (secondary N) is 1. The van der Waals surface area contributed by atoms with Crippen LogP contribution < -0.4 is 9.47 Å². The van der Waals surface area contributed by atoms with E-state index in [1.54, 1.807) is 20.3 Å². The van der Waals surface area contributed by atoms with E-state index in [-0.39, 0.29) is 6.42 Å². The molecule has 0 radical (unpaired) electrons. The lowest BCUT2D eigenvalue weighted by molar-refractivity contribution is -0.136. The van der Waals surface area contributed by atoms with Gasteiger partial charge in [0.05, 0.1) is 26.2 Å². The van der Waals surface area contributed by atoms with Gasteiger partial charge in [-0.25, -0.2) is 0 Å². The number of benzene rings is 1. The van der Waals surface area contributed by atoms with E-state index in [0.29, 0.717) is 11.5 Å². The van der Waals surface area contributed by atoms with Crippen LogP contribution in [0.2, 0.25) is 0 Å². The number of aliphatic carboxylic acids is 1. The number of carboxylic acids is 1. The van der Waals surface area contributed by atoms with E-state index in [0.717, 1.165) is 22.2 Å². The Labute approximate surface area is 104 Å². The Bertz CT molecular complexity index is 601. The van der Waals surface area contributed by atoms with Crippen LogP contribution in [-0.4, -0.2) is 30.3 Å². The van der Waals surface area contributed by atoms with Crippen molar-refractivity contribution in [2.24, 2.45) is 0 Å². The molecule has 0 unspecified atom stereocenters. The van der Waals surface area contributed by atoms with Crippen LogP contribution in [-0.2, 0) is 11.2 Å². The Morgan fingerprint density at radius 2 is 2.06 bits per heavy atom. The molecule has 0 fully saturated rings. The van der Waals surface area contributed by atoms with Gasteiger partial charge in [0.1, 0.15) is 11.5 Å². The Morgan fingerprint density at radius 1 is 1.33 bits per heavy atom. The first-order valence-electron chi connectivity index (χ1n) is 5.51. The summed E-state index contributed by atoms with van der Waals surface area (Å²) in [4.78, 5) is 14.1. The molecule has 0 amide bonds. The molecule has 1 heterocycles. The number of ether oxygens (including phenoxy) is 2. The van der Waals surface area contributed by atoms with Crippen LogP contribution in [0.1, 0.15) is 11.3 Å². The van der Waals surface area contributed by atoms with E-state index in [9.17, 15) is 4.79 Å². The summed E-state index contributed by atoms with van der Waals surface area (Å²) < 4.78 is 10.5. The van der Waals surface area contributed by atoms with Crippen LogP contribution in [0.25, 0.3) is 10.9 Å². The number of H-pyrrole nitrogens is 1. The summed E-state index contributed by atoms with van der Waals surface area (Å²) in [6.07, 6.45) is -0.0332. The minimum absolute atomic E-state index is 0.0332. The molecule has 0 saturated carbocycles. The third-order valence-corrected chi connectivity index (χ3v) is 2.94. The van der Waals surface area contributed by atoms with Crippen LogP contribution in [0.4, 0.5) is 0 Å². The average Bonchev–Trinajstić information content (AvgIpc) is 2.64. The highest BCUT2D eigenvalue weighted by Crippen LogP contribution is 2.35. The summed E-state index contributed by atoms with van der Waals surface area (Å²) >= 11 is 0. The molecule has 0 spiro atoms. The minimum atomic E-state index is -0.864. The molecule has 2 N–H and O–H groups in total. The third-order valence-electron chi connectivity index (χ3n) is 2.94. The monoisotopic (exact) mass is 249 g/mol. The molecule has 2 aromatic rings. The van der Waals surface area contributed by atoms with Gasteiger partial charge >= 0.3 is 5.97 Å². The lowest BCUT2D eigenvalue weighted by Crippen LogP contribution is -2.01. The molecule has 0 aliphatic carbocycles. The SMILES string of the molecule is COc1cc(OC)c2c(CC(=O)O)c(C)[nH]c2c1. The molecule has 1 aromatic heterocycles. The summed E-state index contributed by atoms with van der Waals surface area (Å²) in [6.45, 7) is 1.85. The minimum Gasteiger partial charge on any atom is -0.497 e. The Balaban J connectivity index is 2.71. The molecular weight excluding hydrogens is 234 g/mol. The zero-order chi connectivity index (χ0) is 13.3. The van der Waals surface area contributed by atoms with E-state index >= 15 is 0 Å². The maximum atomic E-state index is 10.9. The average molecular weight is 249 g/mol. The van der Waals surface area contributed by atoms with Crippen molar-refractivity contribution in [3.63, 3.8) is 0 Å².